The van der Waals surface area contributed by atoms with Gasteiger partial charge in [-0.2, -0.15) is 5.10 Å². The van der Waals surface area contributed by atoms with Gasteiger partial charge in [0, 0.05) is 25.6 Å². The lowest BCUT2D eigenvalue weighted by molar-refractivity contribution is 0.100. The van der Waals surface area contributed by atoms with Gasteiger partial charge in [-0.25, -0.2) is 27.2 Å². The minimum absolute atomic E-state index is 0.0204. The quantitative estimate of drug-likeness (QED) is 0.553. The van der Waals surface area contributed by atoms with Crippen molar-refractivity contribution in [2.24, 2.45) is 0 Å². The zero-order valence-electron chi connectivity index (χ0n) is 16.6. The highest BCUT2D eigenvalue weighted by Crippen LogP contribution is 2.23. The summed E-state index contributed by atoms with van der Waals surface area (Å²) >= 11 is 0. The first-order valence-electron chi connectivity index (χ1n) is 9.54. The van der Waals surface area contributed by atoms with Crippen LogP contribution >= 0.6 is 0 Å². The first kappa shape index (κ1) is 21.0. The third-order valence-electron chi connectivity index (χ3n) is 5.02. The Balaban J connectivity index is 1.68. The molecule has 1 aliphatic heterocycles. The van der Waals surface area contributed by atoms with Crippen molar-refractivity contribution in [1.29, 1.82) is 0 Å². The van der Waals surface area contributed by atoms with Gasteiger partial charge in [0.2, 0.25) is 0 Å². The number of carbonyl (C=O) groups is 1. The number of halogens is 2. The van der Waals surface area contributed by atoms with Crippen LogP contribution in [0.4, 0.5) is 14.6 Å². The maximum absolute atomic E-state index is 14.4. The van der Waals surface area contributed by atoms with E-state index in [0.717, 1.165) is 6.20 Å². The molecule has 31 heavy (non-hydrogen) atoms. The predicted octanol–water partition coefficient (Wildman–Crippen LogP) is 2.10. The molecule has 0 bridgehead atoms. The number of benzene rings is 1. The Morgan fingerprint density at radius 3 is 2.52 bits per heavy atom. The normalized spacial score (nSPS) is 15.8. The highest BCUT2D eigenvalue weighted by Gasteiger charge is 2.26. The molecule has 0 atom stereocenters. The van der Waals surface area contributed by atoms with Crippen LogP contribution in [0.1, 0.15) is 23.0 Å². The second kappa shape index (κ2) is 8.14. The molecule has 2 aromatic heterocycles. The molecule has 0 spiro atoms. The van der Waals surface area contributed by atoms with Gasteiger partial charge in [-0.15, -0.1) is 0 Å². The molecule has 1 saturated heterocycles. The van der Waals surface area contributed by atoms with E-state index in [1.165, 1.54) is 23.7 Å². The molecule has 162 valence electrons. The van der Waals surface area contributed by atoms with Crippen molar-refractivity contribution in [3.05, 3.63) is 59.4 Å². The van der Waals surface area contributed by atoms with E-state index in [0.29, 0.717) is 5.56 Å². The molecule has 1 fully saturated rings. The molecule has 0 unspecified atom stereocenters. The van der Waals surface area contributed by atoms with Crippen molar-refractivity contribution in [3.8, 4) is 11.5 Å². The predicted molar refractivity (Wildman–Crippen MR) is 110 cm³/mol. The molecule has 1 aliphatic rings. The number of hydrogen-bond acceptors (Lipinski definition) is 7. The second-order valence-electron chi connectivity index (χ2n) is 7.22. The number of carbonyl (C=O) groups excluding carboxylic acids is 1. The monoisotopic (exact) mass is 447 g/mol. The van der Waals surface area contributed by atoms with Gasteiger partial charge in [-0.1, -0.05) is 18.2 Å². The topological polar surface area (TPSA) is 98.1 Å². The van der Waals surface area contributed by atoms with Crippen LogP contribution in [0.25, 0.3) is 11.5 Å². The number of Topliss-reactive ketones (excluding diaryl/α,β-unsaturated/α-hetero) is 1. The molecule has 0 aliphatic carbocycles. The fourth-order valence-electron chi connectivity index (χ4n) is 3.35. The Morgan fingerprint density at radius 2 is 1.84 bits per heavy atom. The summed E-state index contributed by atoms with van der Waals surface area (Å²) in [6.07, 6.45) is 0.990. The molecule has 0 amide bonds. The van der Waals surface area contributed by atoms with Gasteiger partial charge < -0.3 is 4.90 Å². The van der Waals surface area contributed by atoms with Crippen molar-refractivity contribution >= 4 is 21.4 Å². The standard InChI is InChI=1S/C20H19F2N5O3S/c1-13(28)18-10-17(25-27(18)12-14-4-2-3-5-15(14)21)19-23-11-16(22)20(24-19)26-6-8-31(29,30)9-7-26/h2-5,10-11H,6-9,12H2,1H3. The lowest BCUT2D eigenvalue weighted by atomic mass is 10.2. The zero-order chi connectivity index (χ0) is 22.2. The van der Waals surface area contributed by atoms with Crippen molar-refractivity contribution in [1.82, 2.24) is 19.7 Å². The molecule has 0 radical (unpaired) electrons. The second-order valence-corrected chi connectivity index (χ2v) is 9.53. The first-order valence-corrected chi connectivity index (χ1v) is 11.4. The zero-order valence-corrected chi connectivity index (χ0v) is 17.4. The van der Waals surface area contributed by atoms with Crippen molar-refractivity contribution < 1.29 is 22.0 Å². The maximum Gasteiger partial charge on any atom is 0.183 e. The Bertz CT molecular complexity index is 1250. The lowest BCUT2D eigenvalue weighted by Crippen LogP contribution is -2.41. The van der Waals surface area contributed by atoms with E-state index < -0.39 is 21.5 Å². The van der Waals surface area contributed by atoms with Crippen LogP contribution in [0.2, 0.25) is 0 Å². The van der Waals surface area contributed by atoms with Crippen LogP contribution in [0.5, 0.6) is 0 Å². The maximum atomic E-state index is 14.4. The van der Waals surface area contributed by atoms with E-state index in [4.69, 9.17) is 0 Å². The third kappa shape index (κ3) is 4.46. The Kier molecular flexibility index (Phi) is 5.52. The molecule has 0 N–H and O–H groups in total. The Hall–Kier alpha value is -3.21. The van der Waals surface area contributed by atoms with Crippen LogP contribution in [-0.4, -0.2) is 58.5 Å². The van der Waals surface area contributed by atoms with Gasteiger partial charge in [-0.3, -0.25) is 9.48 Å². The van der Waals surface area contributed by atoms with Crippen molar-refractivity contribution in [2.45, 2.75) is 13.5 Å². The summed E-state index contributed by atoms with van der Waals surface area (Å²) in [6.45, 7) is 1.63. The van der Waals surface area contributed by atoms with Gasteiger partial charge in [0.1, 0.15) is 17.2 Å². The molecule has 3 aromatic rings. The number of hydrogen-bond donors (Lipinski definition) is 0. The average molecular weight is 447 g/mol. The Labute approximate surface area is 177 Å². The Morgan fingerprint density at radius 1 is 1.13 bits per heavy atom. The van der Waals surface area contributed by atoms with Crippen molar-refractivity contribution in [2.75, 3.05) is 29.5 Å². The largest absolute Gasteiger partial charge is 0.352 e. The van der Waals surface area contributed by atoms with Gasteiger partial charge >= 0.3 is 0 Å². The average Bonchev–Trinajstić information content (AvgIpc) is 3.15. The van der Waals surface area contributed by atoms with E-state index in [2.05, 4.69) is 15.1 Å². The molecule has 3 heterocycles. The van der Waals surface area contributed by atoms with E-state index in [-0.39, 0.29) is 60.0 Å². The molecule has 11 heteroatoms. The van der Waals surface area contributed by atoms with E-state index in [1.807, 2.05) is 0 Å². The first-order chi connectivity index (χ1) is 14.7. The van der Waals surface area contributed by atoms with Gasteiger partial charge in [-0.05, 0) is 12.1 Å². The highest BCUT2D eigenvalue weighted by molar-refractivity contribution is 7.91. The van der Waals surface area contributed by atoms with Crippen LogP contribution in [0.15, 0.2) is 36.5 Å². The minimum Gasteiger partial charge on any atom is -0.352 e. The fraction of sp³-hybridized carbons (Fsp3) is 0.300. The molecule has 8 nitrogen and oxygen atoms in total. The molecular weight excluding hydrogens is 428 g/mol. The lowest BCUT2D eigenvalue weighted by Gasteiger charge is -2.27. The van der Waals surface area contributed by atoms with E-state index >= 15 is 0 Å². The van der Waals surface area contributed by atoms with E-state index in [9.17, 15) is 22.0 Å². The summed E-state index contributed by atoms with van der Waals surface area (Å²) in [5.74, 6) is -1.49. The van der Waals surface area contributed by atoms with E-state index in [1.54, 1.807) is 23.1 Å². The summed E-state index contributed by atoms with van der Waals surface area (Å²) in [5.41, 5.74) is 0.819. The summed E-state index contributed by atoms with van der Waals surface area (Å²) in [7, 11) is -3.14. The van der Waals surface area contributed by atoms with Crippen molar-refractivity contribution in [3.63, 3.8) is 0 Å². The minimum atomic E-state index is -3.14. The van der Waals surface area contributed by atoms with Crippen LogP contribution in [0.3, 0.4) is 0 Å². The molecular formula is C20H19F2N5O3S. The number of ketones is 1. The van der Waals surface area contributed by atoms with Crippen LogP contribution in [-0.2, 0) is 16.4 Å². The summed E-state index contributed by atoms with van der Waals surface area (Å²) in [6, 6.07) is 7.64. The smallest absolute Gasteiger partial charge is 0.183 e. The number of nitrogens with zero attached hydrogens (tertiary/aromatic N) is 5. The number of sulfone groups is 1. The SMILES string of the molecule is CC(=O)c1cc(-c2ncc(F)c(N3CCS(=O)(=O)CC3)n2)nn1Cc1ccccc1F. The molecule has 4 rings (SSSR count). The number of anilines is 1. The van der Waals surface area contributed by atoms with Crippen LogP contribution < -0.4 is 4.90 Å². The summed E-state index contributed by atoms with van der Waals surface area (Å²) < 4.78 is 53.1. The molecule has 0 saturated carbocycles. The molecule has 1 aromatic carbocycles. The van der Waals surface area contributed by atoms with Crippen LogP contribution in [0, 0.1) is 11.6 Å². The van der Waals surface area contributed by atoms with Gasteiger partial charge in [0.15, 0.2) is 33.1 Å². The van der Waals surface area contributed by atoms with Gasteiger partial charge in [0.25, 0.3) is 0 Å². The number of aromatic nitrogens is 4. The fourth-order valence-corrected chi connectivity index (χ4v) is 4.55. The summed E-state index contributed by atoms with van der Waals surface area (Å²) in [4.78, 5) is 21.9. The van der Waals surface area contributed by atoms with Gasteiger partial charge in [0.05, 0.1) is 24.2 Å². The number of rotatable bonds is 5. The third-order valence-corrected chi connectivity index (χ3v) is 6.63. The highest BCUT2D eigenvalue weighted by atomic mass is 32.2. The summed E-state index contributed by atoms with van der Waals surface area (Å²) in [5, 5.41) is 4.34.